The zero-order valence-electron chi connectivity index (χ0n) is 20.6. The van der Waals surface area contributed by atoms with Gasteiger partial charge in [0.05, 0.1) is 33.5 Å². The number of benzene rings is 3. The van der Waals surface area contributed by atoms with Crippen molar-refractivity contribution in [3.63, 3.8) is 0 Å². The molecule has 1 fully saturated rings. The first-order valence-electron chi connectivity index (χ1n) is 11.9. The molecule has 1 saturated heterocycles. The molecule has 7 nitrogen and oxygen atoms in total. The third-order valence-corrected chi connectivity index (χ3v) is 5.95. The van der Waals surface area contributed by atoms with Crippen molar-refractivity contribution in [2.45, 2.75) is 44.4 Å². The molecule has 1 aliphatic rings. The Morgan fingerprint density at radius 1 is 0.722 bits per heavy atom. The fourth-order valence-corrected chi connectivity index (χ4v) is 3.98. The number of ether oxygens (including phenoxy) is 6. The molecule has 1 heterocycles. The largest absolute Gasteiger partial charge is 0.497 e. The lowest BCUT2D eigenvalue weighted by Gasteiger charge is -2.39. The predicted octanol–water partition coefficient (Wildman–Crippen LogP) is 4.32. The van der Waals surface area contributed by atoms with Crippen LogP contribution in [0.15, 0.2) is 84.9 Å². The number of ketones is 1. The van der Waals surface area contributed by atoms with Gasteiger partial charge in [-0.25, -0.2) is 0 Å². The zero-order chi connectivity index (χ0) is 25.2. The van der Waals surface area contributed by atoms with Gasteiger partial charge in [-0.2, -0.15) is 0 Å². The molecule has 0 aliphatic carbocycles. The van der Waals surface area contributed by atoms with Gasteiger partial charge in [0.2, 0.25) is 0 Å². The first-order chi connectivity index (χ1) is 17.7. The van der Waals surface area contributed by atoms with Crippen molar-refractivity contribution in [1.29, 1.82) is 0 Å². The van der Waals surface area contributed by atoms with E-state index in [0.29, 0.717) is 13.2 Å². The van der Waals surface area contributed by atoms with Crippen LogP contribution in [0.25, 0.3) is 0 Å². The van der Waals surface area contributed by atoms with E-state index in [1.807, 2.05) is 84.9 Å². The van der Waals surface area contributed by atoms with Crippen molar-refractivity contribution in [3.8, 4) is 5.75 Å². The van der Waals surface area contributed by atoms with E-state index in [1.165, 1.54) is 7.11 Å². The minimum absolute atomic E-state index is 0.0708. The van der Waals surface area contributed by atoms with Crippen molar-refractivity contribution in [3.05, 3.63) is 102 Å². The van der Waals surface area contributed by atoms with Gasteiger partial charge in [0.15, 0.2) is 18.2 Å². The van der Waals surface area contributed by atoms with E-state index >= 15 is 0 Å². The summed E-state index contributed by atoms with van der Waals surface area (Å²) in [4.78, 5) is 13.5. The van der Waals surface area contributed by atoms with E-state index in [4.69, 9.17) is 28.4 Å². The molecular formula is C29H32O7. The molecule has 0 saturated carbocycles. The summed E-state index contributed by atoms with van der Waals surface area (Å²) in [5.74, 6) is 0.541. The molecule has 190 valence electrons. The smallest absolute Gasteiger partial charge is 0.195 e. The summed E-state index contributed by atoms with van der Waals surface area (Å²) in [6.07, 6.45) is -3.24. The van der Waals surface area contributed by atoms with Crippen LogP contribution in [-0.4, -0.2) is 51.2 Å². The lowest BCUT2D eigenvalue weighted by Crippen LogP contribution is -2.58. The summed E-state index contributed by atoms with van der Waals surface area (Å²) in [7, 11) is 3.15. The predicted molar refractivity (Wildman–Crippen MR) is 133 cm³/mol. The molecule has 3 aromatic carbocycles. The Balaban J connectivity index is 1.43. The highest BCUT2D eigenvalue weighted by atomic mass is 16.7. The number of hydrogen-bond acceptors (Lipinski definition) is 7. The lowest BCUT2D eigenvalue weighted by atomic mass is 10.00. The molecule has 3 aromatic rings. The van der Waals surface area contributed by atoms with E-state index in [2.05, 4.69) is 0 Å². The van der Waals surface area contributed by atoms with E-state index in [0.717, 1.165) is 22.4 Å². The van der Waals surface area contributed by atoms with E-state index in [1.54, 1.807) is 7.11 Å². The van der Waals surface area contributed by atoms with Gasteiger partial charge in [-0.05, 0) is 28.8 Å². The molecule has 4 rings (SSSR count). The minimum Gasteiger partial charge on any atom is -0.497 e. The van der Waals surface area contributed by atoms with Gasteiger partial charge in [0, 0.05) is 7.11 Å². The zero-order valence-corrected chi connectivity index (χ0v) is 20.6. The van der Waals surface area contributed by atoms with E-state index in [9.17, 15) is 4.79 Å². The van der Waals surface area contributed by atoms with Crippen molar-refractivity contribution in [2.75, 3.05) is 20.8 Å². The quantitative estimate of drug-likeness (QED) is 0.373. The second kappa shape index (κ2) is 13.3. The van der Waals surface area contributed by atoms with Crippen molar-refractivity contribution >= 4 is 5.78 Å². The van der Waals surface area contributed by atoms with Crippen LogP contribution in [0.1, 0.15) is 16.7 Å². The maximum absolute atomic E-state index is 13.5. The van der Waals surface area contributed by atoms with Crippen molar-refractivity contribution in [1.82, 2.24) is 0 Å². The van der Waals surface area contributed by atoms with Gasteiger partial charge in [0.25, 0.3) is 0 Å². The number of carbonyl (C=O) groups is 1. The third-order valence-electron chi connectivity index (χ3n) is 5.95. The first kappa shape index (κ1) is 26.0. The molecule has 36 heavy (non-hydrogen) atoms. The fourth-order valence-electron chi connectivity index (χ4n) is 3.98. The Labute approximate surface area is 211 Å². The van der Waals surface area contributed by atoms with Gasteiger partial charge in [0.1, 0.15) is 18.0 Å². The first-order valence-corrected chi connectivity index (χ1v) is 11.9. The number of rotatable bonds is 12. The van der Waals surface area contributed by atoms with Crippen LogP contribution >= 0.6 is 0 Å². The standard InChI is InChI=1S/C29H32O7/c1-31-24-15-13-23(14-16-24)17-33-20-25-26(30)27(34-18-21-9-5-3-6-10-21)28(29(32-2)36-25)35-19-22-11-7-4-8-12-22/h3-16,25,27-29H,17-20H2,1-2H3/t25-,27+,28-,29+/m1/s1. The van der Waals surface area contributed by atoms with Crippen LogP contribution in [0.5, 0.6) is 5.75 Å². The molecule has 0 radical (unpaired) electrons. The monoisotopic (exact) mass is 492 g/mol. The second-order valence-electron chi connectivity index (χ2n) is 8.47. The van der Waals surface area contributed by atoms with Gasteiger partial charge in [-0.1, -0.05) is 72.8 Å². The number of Topliss-reactive ketones (excluding diaryl/α,β-unsaturated/α-hetero) is 1. The van der Waals surface area contributed by atoms with E-state index in [-0.39, 0.29) is 19.0 Å². The second-order valence-corrected chi connectivity index (χ2v) is 8.47. The summed E-state index contributed by atoms with van der Waals surface area (Å²) >= 11 is 0. The summed E-state index contributed by atoms with van der Waals surface area (Å²) in [6, 6.07) is 27.0. The Hall–Kier alpha value is -3.07. The highest BCUT2D eigenvalue weighted by Gasteiger charge is 2.47. The molecule has 1 aliphatic heterocycles. The van der Waals surface area contributed by atoms with Crippen molar-refractivity contribution < 1.29 is 33.2 Å². The number of hydrogen-bond donors (Lipinski definition) is 0. The molecule has 0 aromatic heterocycles. The van der Waals surface area contributed by atoms with Gasteiger partial charge in [-0.15, -0.1) is 0 Å². The van der Waals surface area contributed by atoms with Gasteiger partial charge in [-0.3, -0.25) is 4.79 Å². The van der Waals surface area contributed by atoms with Gasteiger partial charge < -0.3 is 28.4 Å². The maximum atomic E-state index is 13.5. The molecule has 0 N–H and O–H groups in total. The average molecular weight is 493 g/mol. The molecular weight excluding hydrogens is 460 g/mol. The summed E-state index contributed by atoms with van der Waals surface area (Å²) in [5, 5.41) is 0. The van der Waals surface area contributed by atoms with Crippen LogP contribution in [0, 0.1) is 0 Å². The summed E-state index contributed by atoms with van der Waals surface area (Å²) < 4.78 is 34.9. The Kier molecular flexibility index (Phi) is 9.61. The number of carbonyl (C=O) groups excluding carboxylic acids is 1. The van der Waals surface area contributed by atoms with Crippen molar-refractivity contribution in [2.24, 2.45) is 0 Å². The molecule has 0 spiro atoms. The minimum atomic E-state index is -0.873. The molecule has 7 heteroatoms. The highest BCUT2D eigenvalue weighted by molar-refractivity contribution is 5.89. The SMILES string of the molecule is COc1ccc(COC[C@H]2O[C@H](OC)[C@H](OCc3ccccc3)[C@@H](OCc3ccccc3)C2=O)cc1. The normalized spacial score (nSPS) is 21.9. The van der Waals surface area contributed by atoms with Crippen LogP contribution in [0.3, 0.4) is 0 Å². The van der Waals surface area contributed by atoms with Crippen LogP contribution in [0.4, 0.5) is 0 Å². The number of methoxy groups -OCH3 is 2. The Bertz CT molecular complexity index is 1060. The Morgan fingerprint density at radius 2 is 1.31 bits per heavy atom. The lowest BCUT2D eigenvalue weighted by molar-refractivity contribution is -0.269. The average Bonchev–Trinajstić information content (AvgIpc) is 2.93. The summed E-state index contributed by atoms with van der Waals surface area (Å²) in [5.41, 5.74) is 2.90. The molecule has 0 bridgehead atoms. The molecule has 0 unspecified atom stereocenters. The highest BCUT2D eigenvalue weighted by Crippen LogP contribution is 2.26. The van der Waals surface area contributed by atoms with Crippen LogP contribution in [0.2, 0.25) is 0 Å². The molecule has 0 amide bonds. The van der Waals surface area contributed by atoms with Crippen LogP contribution in [-0.2, 0) is 48.3 Å². The topological polar surface area (TPSA) is 72.5 Å². The molecule has 4 atom stereocenters. The Morgan fingerprint density at radius 3 is 1.89 bits per heavy atom. The maximum Gasteiger partial charge on any atom is 0.195 e. The summed E-state index contributed by atoms with van der Waals surface area (Å²) in [6.45, 7) is 0.962. The van der Waals surface area contributed by atoms with Crippen LogP contribution < -0.4 is 4.74 Å². The third kappa shape index (κ3) is 7.00. The van der Waals surface area contributed by atoms with Gasteiger partial charge >= 0.3 is 0 Å². The van der Waals surface area contributed by atoms with E-state index < -0.39 is 24.6 Å². The fraction of sp³-hybridized carbons (Fsp3) is 0.345.